The lowest BCUT2D eigenvalue weighted by atomic mass is 9.85. The summed E-state index contributed by atoms with van der Waals surface area (Å²) >= 11 is 0. The van der Waals surface area contributed by atoms with Gasteiger partial charge < -0.3 is 14.7 Å². The van der Waals surface area contributed by atoms with E-state index >= 15 is 0 Å². The lowest BCUT2D eigenvalue weighted by molar-refractivity contribution is -0.154. The van der Waals surface area contributed by atoms with E-state index in [1.807, 2.05) is 0 Å². The van der Waals surface area contributed by atoms with Crippen molar-refractivity contribution in [2.45, 2.75) is 44.3 Å². The van der Waals surface area contributed by atoms with Gasteiger partial charge in [-0.1, -0.05) is 6.42 Å². The highest BCUT2D eigenvalue weighted by atomic mass is 16.5. The summed E-state index contributed by atoms with van der Waals surface area (Å²) in [6.45, 7) is 0.774. The van der Waals surface area contributed by atoms with Crippen LogP contribution in [-0.2, 0) is 14.3 Å². The average molecular weight is 241 g/mol. The molecule has 5 heteroatoms. The Kier molecular flexibility index (Phi) is 3.66. The first-order valence-electron chi connectivity index (χ1n) is 6.21. The monoisotopic (exact) mass is 241 g/mol. The Bertz CT molecular complexity index is 314. The van der Waals surface area contributed by atoms with Crippen LogP contribution in [-0.4, -0.2) is 47.7 Å². The molecule has 0 radical (unpaired) electrons. The minimum absolute atomic E-state index is 0.0688. The zero-order chi connectivity index (χ0) is 12.4. The van der Waals surface area contributed by atoms with Gasteiger partial charge in [0.05, 0.1) is 0 Å². The summed E-state index contributed by atoms with van der Waals surface area (Å²) in [7, 11) is 1.78. The van der Waals surface area contributed by atoms with Crippen molar-refractivity contribution in [3.05, 3.63) is 0 Å². The molecule has 2 rings (SSSR count). The Balaban J connectivity index is 1.81. The van der Waals surface area contributed by atoms with Crippen molar-refractivity contribution in [3.8, 4) is 0 Å². The summed E-state index contributed by atoms with van der Waals surface area (Å²) in [5.41, 5.74) is 0. The fraction of sp³-hybridized carbons (Fsp3) is 0.833. The molecule has 1 heterocycles. The van der Waals surface area contributed by atoms with Crippen LogP contribution < -0.4 is 0 Å². The second-order valence-corrected chi connectivity index (χ2v) is 5.04. The molecule has 1 aliphatic heterocycles. The Hall–Kier alpha value is -1.10. The van der Waals surface area contributed by atoms with Gasteiger partial charge in [0.1, 0.15) is 6.10 Å². The molecular weight excluding hydrogens is 222 g/mol. The molecule has 0 bridgehead atoms. The van der Waals surface area contributed by atoms with Crippen molar-refractivity contribution >= 4 is 11.9 Å². The fourth-order valence-electron chi connectivity index (χ4n) is 2.40. The molecule has 0 aromatic heterocycles. The second-order valence-electron chi connectivity index (χ2n) is 5.04. The second kappa shape index (κ2) is 5.04. The topological polar surface area (TPSA) is 66.8 Å². The number of rotatable bonds is 4. The smallest absolute Gasteiger partial charge is 0.332 e. The number of hydrogen-bond donors (Lipinski definition) is 1. The highest BCUT2D eigenvalue weighted by Crippen LogP contribution is 2.28. The van der Waals surface area contributed by atoms with E-state index < -0.39 is 18.2 Å². The number of ether oxygens (including phenoxy) is 1. The predicted molar refractivity (Wildman–Crippen MR) is 60.5 cm³/mol. The van der Waals surface area contributed by atoms with E-state index in [2.05, 4.69) is 0 Å². The molecule has 1 saturated carbocycles. The number of amides is 1. The normalized spacial score (nSPS) is 28.8. The van der Waals surface area contributed by atoms with E-state index in [0.29, 0.717) is 18.8 Å². The molecule has 96 valence electrons. The summed E-state index contributed by atoms with van der Waals surface area (Å²) in [6, 6.07) is 0. The summed E-state index contributed by atoms with van der Waals surface area (Å²) in [6.07, 6.45) is 3.24. The van der Waals surface area contributed by atoms with Gasteiger partial charge in [0, 0.05) is 13.6 Å². The molecule has 1 amide bonds. The molecule has 2 fully saturated rings. The van der Waals surface area contributed by atoms with Crippen molar-refractivity contribution in [2.75, 3.05) is 13.6 Å². The van der Waals surface area contributed by atoms with Crippen LogP contribution >= 0.6 is 0 Å². The third kappa shape index (κ3) is 2.77. The van der Waals surface area contributed by atoms with Crippen molar-refractivity contribution in [2.24, 2.45) is 5.92 Å². The number of nitrogens with zero attached hydrogens (tertiary/aromatic N) is 1. The molecule has 17 heavy (non-hydrogen) atoms. The standard InChI is InChI=1S/C12H19NO4/c1-13(7-8-3-2-4-8)11(14)9-5-6-10(17-9)12(15)16/h8-10H,2-7H2,1H3,(H,15,16). The maximum absolute atomic E-state index is 12.0. The first kappa shape index (κ1) is 12.4. The molecular formula is C12H19NO4. The van der Waals surface area contributed by atoms with Gasteiger partial charge in [0.15, 0.2) is 6.10 Å². The van der Waals surface area contributed by atoms with Crippen molar-refractivity contribution in [1.29, 1.82) is 0 Å². The average Bonchev–Trinajstić information content (AvgIpc) is 2.71. The van der Waals surface area contributed by atoms with E-state index in [4.69, 9.17) is 9.84 Å². The number of carbonyl (C=O) groups excluding carboxylic acids is 1. The largest absolute Gasteiger partial charge is 0.479 e. The van der Waals surface area contributed by atoms with Crippen LogP contribution in [0.3, 0.4) is 0 Å². The summed E-state index contributed by atoms with van der Waals surface area (Å²) < 4.78 is 5.25. The minimum atomic E-state index is -0.970. The van der Waals surface area contributed by atoms with Crippen LogP contribution in [0.25, 0.3) is 0 Å². The SMILES string of the molecule is CN(CC1CCC1)C(=O)C1CCC(C(=O)O)O1. The third-order valence-electron chi connectivity index (χ3n) is 3.70. The maximum atomic E-state index is 12.0. The van der Waals surface area contributed by atoms with E-state index in [0.717, 1.165) is 6.54 Å². The number of carbonyl (C=O) groups is 2. The van der Waals surface area contributed by atoms with Crippen LogP contribution in [0, 0.1) is 5.92 Å². The lowest BCUT2D eigenvalue weighted by Crippen LogP contribution is -2.40. The van der Waals surface area contributed by atoms with Gasteiger partial charge in [-0.2, -0.15) is 0 Å². The first-order chi connectivity index (χ1) is 8.08. The Morgan fingerprint density at radius 2 is 1.88 bits per heavy atom. The van der Waals surface area contributed by atoms with Gasteiger partial charge in [-0.3, -0.25) is 4.79 Å². The van der Waals surface area contributed by atoms with Crippen LogP contribution in [0.15, 0.2) is 0 Å². The Morgan fingerprint density at radius 1 is 1.24 bits per heavy atom. The number of carboxylic acid groups (broad SMARTS) is 1. The van der Waals surface area contributed by atoms with Gasteiger partial charge in [-0.25, -0.2) is 4.79 Å². The predicted octanol–water partition coefficient (Wildman–Crippen LogP) is 0.877. The van der Waals surface area contributed by atoms with Gasteiger partial charge in [-0.15, -0.1) is 0 Å². The molecule has 5 nitrogen and oxygen atoms in total. The van der Waals surface area contributed by atoms with Gasteiger partial charge in [-0.05, 0) is 31.6 Å². The number of aliphatic carboxylic acids is 1. The molecule has 0 aromatic rings. The van der Waals surface area contributed by atoms with E-state index in [9.17, 15) is 9.59 Å². The summed E-state index contributed by atoms with van der Waals surface area (Å²) in [4.78, 5) is 24.4. The molecule has 0 aromatic carbocycles. The van der Waals surface area contributed by atoms with E-state index in [1.165, 1.54) is 19.3 Å². The van der Waals surface area contributed by atoms with Gasteiger partial charge in [0.2, 0.25) is 0 Å². The number of likely N-dealkylation sites (N-methyl/N-ethyl adjacent to an activating group) is 1. The van der Waals surface area contributed by atoms with E-state index in [1.54, 1.807) is 11.9 Å². The van der Waals surface area contributed by atoms with Crippen LogP contribution in [0.2, 0.25) is 0 Å². The van der Waals surface area contributed by atoms with Crippen LogP contribution in [0.5, 0.6) is 0 Å². The highest BCUT2D eigenvalue weighted by molar-refractivity contribution is 5.82. The summed E-state index contributed by atoms with van der Waals surface area (Å²) in [5.74, 6) is -0.414. The lowest BCUT2D eigenvalue weighted by Gasteiger charge is -2.31. The summed E-state index contributed by atoms with van der Waals surface area (Å²) in [5, 5.41) is 8.79. The highest BCUT2D eigenvalue weighted by Gasteiger charge is 2.36. The van der Waals surface area contributed by atoms with E-state index in [-0.39, 0.29) is 5.91 Å². The first-order valence-corrected chi connectivity index (χ1v) is 6.21. The Labute approximate surface area is 101 Å². The van der Waals surface area contributed by atoms with Gasteiger partial charge >= 0.3 is 5.97 Å². The third-order valence-corrected chi connectivity index (χ3v) is 3.70. The van der Waals surface area contributed by atoms with Gasteiger partial charge in [0.25, 0.3) is 5.91 Å². The molecule has 1 saturated heterocycles. The molecule has 2 unspecified atom stereocenters. The van der Waals surface area contributed by atoms with Crippen LogP contribution in [0.1, 0.15) is 32.1 Å². The molecule has 0 spiro atoms. The molecule has 1 aliphatic carbocycles. The molecule has 2 aliphatic rings. The van der Waals surface area contributed by atoms with Crippen molar-refractivity contribution in [3.63, 3.8) is 0 Å². The minimum Gasteiger partial charge on any atom is -0.479 e. The van der Waals surface area contributed by atoms with Crippen LogP contribution in [0.4, 0.5) is 0 Å². The number of hydrogen-bond acceptors (Lipinski definition) is 3. The molecule has 1 N–H and O–H groups in total. The quantitative estimate of drug-likeness (QED) is 0.793. The number of carboxylic acids is 1. The molecule has 2 atom stereocenters. The van der Waals surface area contributed by atoms with Crippen molar-refractivity contribution < 1.29 is 19.4 Å². The maximum Gasteiger partial charge on any atom is 0.332 e. The Morgan fingerprint density at radius 3 is 2.35 bits per heavy atom. The van der Waals surface area contributed by atoms with Crippen molar-refractivity contribution in [1.82, 2.24) is 4.90 Å². The zero-order valence-corrected chi connectivity index (χ0v) is 10.1. The zero-order valence-electron chi connectivity index (χ0n) is 10.1. The fourth-order valence-corrected chi connectivity index (χ4v) is 2.40.